The van der Waals surface area contributed by atoms with Crippen molar-refractivity contribution in [3.63, 3.8) is 0 Å². The summed E-state index contributed by atoms with van der Waals surface area (Å²) >= 11 is 0. The van der Waals surface area contributed by atoms with E-state index >= 15 is 0 Å². The van der Waals surface area contributed by atoms with E-state index in [1.807, 2.05) is 0 Å². The Hall–Kier alpha value is -0.320. The fourth-order valence-electron chi connectivity index (χ4n) is 2.26. The summed E-state index contributed by atoms with van der Waals surface area (Å²) in [5.41, 5.74) is 0. The molecule has 2 N–H and O–H groups in total. The largest absolute Gasteiger partial charge is 0.381 e. The normalized spacial score (nSPS) is 30.2. The minimum Gasteiger partial charge on any atom is -0.381 e. The fraction of sp³-hybridized carbons (Fsp3) is 0.909. The maximum absolute atomic E-state index is 11.8. The molecule has 0 saturated carbocycles. The predicted octanol–water partition coefficient (Wildman–Crippen LogP) is 0.845. The molecule has 2 saturated heterocycles. The molecule has 94 valence electrons. The molecule has 0 aromatic heterocycles. The highest BCUT2D eigenvalue weighted by Crippen LogP contribution is 2.10. The van der Waals surface area contributed by atoms with E-state index in [0.717, 1.165) is 51.9 Å². The molecule has 1 amide bonds. The van der Waals surface area contributed by atoms with E-state index in [9.17, 15) is 4.79 Å². The van der Waals surface area contributed by atoms with E-state index in [0.29, 0.717) is 6.04 Å². The SMILES string of the molecule is Cl.O=C(NC1CCCOCC1)C1CCCN1. The Labute approximate surface area is 103 Å². The Morgan fingerprint density at radius 3 is 2.81 bits per heavy atom. The van der Waals surface area contributed by atoms with Crippen LogP contribution in [0.2, 0.25) is 0 Å². The second-order valence-electron chi connectivity index (χ2n) is 4.40. The molecule has 2 aliphatic rings. The third-order valence-corrected chi connectivity index (χ3v) is 3.18. The summed E-state index contributed by atoms with van der Waals surface area (Å²) in [5.74, 6) is 0.180. The lowest BCUT2D eigenvalue weighted by Crippen LogP contribution is -2.45. The van der Waals surface area contributed by atoms with Crippen LogP contribution in [0.4, 0.5) is 0 Å². The first-order chi connectivity index (χ1) is 7.36. The van der Waals surface area contributed by atoms with Gasteiger partial charge in [0.25, 0.3) is 0 Å². The van der Waals surface area contributed by atoms with Crippen molar-refractivity contribution in [3.05, 3.63) is 0 Å². The lowest BCUT2D eigenvalue weighted by Gasteiger charge is -2.18. The van der Waals surface area contributed by atoms with Crippen LogP contribution in [0.25, 0.3) is 0 Å². The zero-order valence-corrected chi connectivity index (χ0v) is 10.4. The molecule has 2 unspecified atom stereocenters. The smallest absolute Gasteiger partial charge is 0.237 e. The maximum atomic E-state index is 11.8. The van der Waals surface area contributed by atoms with Crippen LogP contribution >= 0.6 is 12.4 Å². The number of carbonyl (C=O) groups is 1. The topological polar surface area (TPSA) is 50.4 Å². The van der Waals surface area contributed by atoms with Crippen LogP contribution in [0, 0.1) is 0 Å². The third kappa shape index (κ3) is 3.92. The summed E-state index contributed by atoms with van der Waals surface area (Å²) in [4.78, 5) is 11.8. The van der Waals surface area contributed by atoms with E-state index in [1.54, 1.807) is 0 Å². The highest BCUT2D eigenvalue weighted by Gasteiger charge is 2.24. The standard InChI is InChI=1S/C11H20N2O2.ClH/c14-11(10-4-1-6-12-10)13-9-3-2-7-15-8-5-9;/h9-10,12H,1-8H2,(H,13,14);1H. The molecule has 0 bridgehead atoms. The lowest BCUT2D eigenvalue weighted by atomic mass is 10.1. The molecular formula is C11H21ClN2O2. The molecular weight excluding hydrogens is 228 g/mol. The second kappa shape index (κ2) is 7.09. The first kappa shape index (κ1) is 13.7. The lowest BCUT2D eigenvalue weighted by molar-refractivity contribution is -0.123. The van der Waals surface area contributed by atoms with Gasteiger partial charge < -0.3 is 15.4 Å². The van der Waals surface area contributed by atoms with Gasteiger partial charge in [-0.25, -0.2) is 0 Å². The molecule has 0 aliphatic carbocycles. The average molecular weight is 249 g/mol. The molecule has 0 aromatic carbocycles. The van der Waals surface area contributed by atoms with Crippen LogP contribution in [-0.2, 0) is 9.53 Å². The zero-order valence-electron chi connectivity index (χ0n) is 9.54. The van der Waals surface area contributed by atoms with Gasteiger partial charge >= 0.3 is 0 Å². The van der Waals surface area contributed by atoms with Gasteiger partial charge in [-0.1, -0.05) is 0 Å². The minimum atomic E-state index is 0. The van der Waals surface area contributed by atoms with E-state index in [-0.39, 0.29) is 24.4 Å². The van der Waals surface area contributed by atoms with E-state index in [1.165, 1.54) is 0 Å². The maximum Gasteiger partial charge on any atom is 0.237 e. The van der Waals surface area contributed by atoms with Crippen LogP contribution in [0.1, 0.15) is 32.1 Å². The molecule has 4 nitrogen and oxygen atoms in total. The van der Waals surface area contributed by atoms with Crippen molar-refractivity contribution in [3.8, 4) is 0 Å². The second-order valence-corrected chi connectivity index (χ2v) is 4.40. The molecule has 0 spiro atoms. The highest BCUT2D eigenvalue weighted by atomic mass is 35.5. The summed E-state index contributed by atoms with van der Waals surface area (Å²) in [6, 6.07) is 0.372. The number of halogens is 1. The number of hydrogen-bond donors (Lipinski definition) is 2. The van der Waals surface area contributed by atoms with E-state index < -0.39 is 0 Å². The molecule has 2 fully saturated rings. The van der Waals surface area contributed by atoms with E-state index in [4.69, 9.17) is 4.74 Å². The van der Waals surface area contributed by atoms with Crippen molar-refractivity contribution in [2.75, 3.05) is 19.8 Å². The number of nitrogens with one attached hydrogen (secondary N) is 2. The van der Waals surface area contributed by atoms with Gasteiger partial charge in [-0.3, -0.25) is 4.79 Å². The Morgan fingerprint density at radius 1 is 1.19 bits per heavy atom. The summed E-state index contributed by atoms with van der Waals surface area (Å²) in [7, 11) is 0. The predicted molar refractivity (Wildman–Crippen MR) is 64.9 cm³/mol. The van der Waals surface area contributed by atoms with Crippen molar-refractivity contribution < 1.29 is 9.53 Å². The van der Waals surface area contributed by atoms with Crippen molar-refractivity contribution in [2.24, 2.45) is 0 Å². The molecule has 16 heavy (non-hydrogen) atoms. The zero-order chi connectivity index (χ0) is 10.5. The van der Waals surface area contributed by atoms with Crippen LogP contribution in [0.15, 0.2) is 0 Å². The molecule has 2 aliphatic heterocycles. The molecule has 5 heteroatoms. The number of carbonyl (C=O) groups excluding carboxylic acids is 1. The van der Waals surface area contributed by atoms with Crippen molar-refractivity contribution >= 4 is 18.3 Å². The van der Waals surface area contributed by atoms with Gasteiger partial charge in [0.15, 0.2) is 0 Å². The Morgan fingerprint density at radius 2 is 2.06 bits per heavy atom. The number of ether oxygens (including phenoxy) is 1. The van der Waals surface area contributed by atoms with Crippen molar-refractivity contribution in [2.45, 2.75) is 44.2 Å². The molecule has 2 heterocycles. The first-order valence-corrected chi connectivity index (χ1v) is 5.98. The summed E-state index contributed by atoms with van der Waals surface area (Å²) < 4.78 is 5.36. The van der Waals surface area contributed by atoms with Gasteiger partial charge in [-0.2, -0.15) is 0 Å². The fourth-order valence-corrected chi connectivity index (χ4v) is 2.26. The summed E-state index contributed by atoms with van der Waals surface area (Å²) in [6.07, 6.45) is 5.17. The van der Waals surface area contributed by atoms with Gasteiger partial charge in [-0.15, -0.1) is 12.4 Å². The molecule has 0 aromatic rings. The van der Waals surface area contributed by atoms with Gasteiger partial charge in [-0.05, 0) is 38.6 Å². The van der Waals surface area contributed by atoms with Gasteiger partial charge in [0.2, 0.25) is 5.91 Å². The molecule has 0 radical (unpaired) electrons. The van der Waals surface area contributed by atoms with Gasteiger partial charge in [0.05, 0.1) is 6.04 Å². The first-order valence-electron chi connectivity index (χ1n) is 5.98. The van der Waals surface area contributed by atoms with Crippen LogP contribution in [0.3, 0.4) is 0 Å². The molecule has 2 atom stereocenters. The number of amides is 1. The quantitative estimate of drug-likeness (QED) is 0.762. The van der Waals surface area contributed by atoms with Crippen LogP contribution in [-0.4, -0.2) is 37.7 Å². The third-order valence-electron chi connectivity index (χ3n) is 3.18. The number of rotatable bonds is 2. The highest BCUT2D eigenvalue weighted by molar-refractivity contribution is 5.85. The Balaban J connectivity index is 0.00000128. The van der Waals surface area contributed by atoms with Crippen LogP contribution < -0.4 is 10.6 Å². The summed E-state index contributed by atoms with van der Waals surface area (Å²) in [5, 5.41) is 6.34. The Kier molecular flexibility index (Phi) is 6.09. The summed E-state index contributed by atoms with van der Waals surface area (Å²) in [6.45, 7) is 2.60. The minimum absolute atomic E-state index is 0. The number of hydrogen-bond acceptors (Lipinski definition) is 3. The van der Waals surface area contributed by atoms with E-state index in [2.05, 4.69) is 10.6 Å². The molecule has 2 rings (SSSR count). The van der Waals surface area contributed by atoms with Gasteiger partial charge in [0, 0.05) is 19.3 Å². The van der Waals surface area contributed by atoms with Crippen LogP contribution in [0.5, 0.6) is 0 Å². The van der Waals surface area contributed by atoms with Crippen molar-refractivity contribution in [1.29, 1.82) is 0 Å². The van der Waals surface area contributed by atoms with Crippen molar-refractivity contribution in [1.82, 2.24) is 10.6 Å². The monoisotopic (exact) mass is 248 g/mol. The van der Waals surface area contributed by atoms with Gasteiger partial charge in [0.1, 0.15) is 0 Å². The average Bonchev–Trinajstić information content (AvgIpc) is 2.65. The Bertz CT molecular complexity index is 212.